The van der Waals surface area contributed by atoms with Crippen LogP contribution in [0.5, 0.6) is 5.75 Å². The van der Waals surface area contributed by atoms with Gasteiger partial charge >= 0.3 is 0 Å². The summed E-state index contributed by atoms with van der Waals surface area (Å²) in [6.07, 6.45) is 0. The minimum absolute atomic E-state index is 0.0742. The number of carbonyl (C=O) groups is 1. The van der Waals surface area contributed by atoms with Crippen LogP contribution < -0.4 is 10.1 Å². The van der Waals surface area contributed by atoms with Gasteiger partial charge in [0.1, 0.15) is 5.75 Å². The van der Waals surface area contributed by atoms with Gasteiger partial charge in [-0.05, 0) is 58.7 Å². The minimum atomic E-state index is -0.240. The van der Waals surface area contributed by atoms with Crippen molar-refractivity contribution in [3.05, 3.63) is 50.9 Å². The number of aryl methyl sites for hydroxylation is 1. The third-order valence-corrected chi connectivity index (χ3v) is 5.09. The second-order valence-corrected chi connectivity index (χ2v) is 7.70. The van der Waals surface area contributed by atoms with E-state index in [1.54, 1.807) is 6.07 Å². The van der Waals surface area contributed by atoms with Crippen molar-refractivity contribution in [2.24, 2.45) is 0 Å². The van der Waals surface area contributed by atoms with Crippen molar-refractivity contribution in [2.75, 3.05) is 11.9 Å². The van der Waals surface area contributed by atoms with Crippen LogP contribution in [0.1, 0.15) is 5.56 Å². The number of amides is 1. The molecular weight excluding hydrogens is 444 g/mol. The van der Waals surface area contributed by atoms with Gasteiger partial charge in [0.25, 0.3) is 5.91 Å². The van der Waals surface area contributed by atoms with Crippen LogP contribution in [0.15, 0.2) is 45.3 Å². The smallest absolute Gasteiger partial charge is 0.264 e. The lowest BCUT2D eigenvalue weighted by molar-refractivity contribution is -0.118. The van der Waals surface area contributed by atoms with Gasteiger partial charge < -0.3 is 4.74 Å². The predicted molar refractivity (Wildman–Crippen MR) is 100 cm³/mol. The molecule has 0 aliphatic carbocycles. The highest BCUT2D eigenvalue weighted by atomic mass is 79.9. The fourth-order valence-corrected chi connectivity index (χ4v) is 4.12. The topological polar surface area (TPSA) is 51.2 Å². The van der Waals surface area contributed by atoms with Crippen LogP contribution in [0.4, 0.5) is 5.13 Å². The molecule has 1 heterocycles. The number of nitrogens with one attached hydrogen (secondary N) is 1. The molecule has 0 aliphatic heterocycles. The van der Waals surface area contributed by atoms with E-state index in [2.05, 4.69) is 48.2 Å². The number of carbonyl (C=O) groups excluding carboxylic acids is 1. The van der Waals surface area contributed by atoms with Crippen LogP contribution in [-0.4, -0.2) is 17.5 Å². The summed E-state index contributed by atoms with van der Waals surface area (Å²) in [7, 11) is 0. The maximum absolute atomic E-state index is 12.0. The number of anilines is 1. The number of thiazole rings is 1. The van der Waals surface area contributed by atoms with Crippen molar-refractivity contribution in [3.8, 4) is 5.75 Å². The average Bonchev–Trinajstić information content (AvgIpc) is 2.87. The Hall–Kier alpha value is -1.44. The zero-order valence-corrected chi connectivity index (χ0v) is 16.1. The second kappa shape index (κ2) is 6.98. The highest BCUT2D eigenvalue weighted by Crippen LogP contribution is 2.29. The Bertz CT molecular complexity index is 880. The lowest BCUT2D eigenvalue weighted by Gasteiger charge is -2.07. The quantitative estimate of drug-likeness (QED) is 0.591. The summed E-state index contributed by atoms with van der Waals surface area (Å²) in [5.74, 6) is 0.374. The molecule has 0 bridgehead atoms. The van der Waals surface area contributed by atoms with Crippen molar-refractivity contribution in [3.63, 3.8) is 0 Å². The van der Waals surface area contributed by atoms with Gasteiger partial charge in [0.15, 0.2) is 11.7 Å². The molecule has 0 unspecified atom stereocenters. The molecule has 1 amide bonds. The summed E-state index contributed by atoms with van der Waals surface area (Å²) in [4.78, 5) is 16.4. The molecule has 4 nitrogen and oxygen atoms in total. The van der Waals surface area contributed by atoms with Gasteiger partial charge in [0.2, 0.25) is 0 Å². The zero-order valence-electron chi connectivity index (χ0n) is 12.1. The van der Waals surface area contributed by atoms with E-state index in [9.17, 15) is 4.79 Å². The van der Waals surface area contributed by atoms with Crippen molar-refractivity contribution in [1.29, 1.82) is 0 Å². The number of aromatic nitrogens is 1. The molecule has 7 heteroatoms. The summed E-state index contributed by atoms with van der Waals surface area (Å²) in [6.45, 7) is 1.95. The summed E-state index contributed by atoms with van der Waals surface area (Å²) in [6, 6.07) is 11.5. The van der Waals surface area contributed by atoms with Gasteiger partial charge in [0.05, 0.1) is 14.7 Å². The van der Waals surface area contributed by atoms with E-state index in [-0.39, 0.29) is 12.5 Å². The van der Waals surface area contributed by atoms with E-state index in [1.165, 1.54) is 16.9 Å². The van der Waals surface area contributed by atoms with Crippen molar-refractivity contribution in [1.82, 2.24) is 4.98 Å². The summed E-state index contributed by atoms with van der Waals surface area (Å²) >= 11 is 8.22. The largest absolute Gasteiger partial charge is 0.483 e. The first-order valence-electron chi connectivity index (χ1n) is 6.76. The third-order valence-electron chi connectivity index (χ3n) is 3.04. The monoisotopic (exact) mass is 454 g/mol. The van der Waals surface area contributed by atoms with E-state index in [0.29, 0.717) is 10.9 Å². The van der Waals surface area contributed by atoms with E-state index >= 15 is 0 Å². The highest BCUT2D eigenvalue weighted by molar-refractivity contribution is 9.11. The molecule has 3 rings (SSSR count). The van der Waals surface area contributed by atoms with Crippen LogP contribution in [0.25, 0.3) is 10.2 Å². The molecule has 0 saturated heterocycles. The Morgan fingerprint density at radius 1 is 1.26 bits per heavy atom. The molecule has 0 atom stereocenters. The Morgan fingerprint density at radius 3 is 2.87 bits per heavy atom. The Labute approximate surface area is 154 Å². The summed E-state index contributed by atoms with van der Waals surface area (Å²) in [5.41, 5.74) is 2.05. The molecule has 1 aromatic heterocycles. The van der Waals surface area contributed by atoms with Crippen LogP contribution in [0.3, 0.4) is 0 Å². The first-order chi connectivity index (χ1) is 11.0. The maximum atomic E-state index is 12.0. The molecular formula is C16H12Br2N2O2S. The van der Waals surface area contributed by atoms with Crippen LogP contribution in [0, 0.1) is 6.92 Å². The molecule has 3 aromatic rings. The Morgan fingerprint density at radius 2 is 2.09 bits per heavy atom. The number of fused-ring (bicyclic) bond motifs is 1. The highest BCUT2D eigenvalue weighted by Gasteiger charge is 2.10. The predicted octanol–water partition coefficient (Wildman–Crippen LogP) is 5.15. The number of halogens is 2. The second-order valence-electron chi connectivity index (χ2n) is 4.90. The fourth-order valence-electron chi connectivity index (χ4n) is 1.98. The van der Waals surface area contributed by atoms with Crippen molar-refractivity contribution >= 4 is 64.5 Å². The molecule has 2 aromatic carbocycles. The van der Waals surface area contributed by atoms with Crippen LogP contribution in [0.2, 0.25) is 0 Å². The molecule has 0 aliphatic rings. The molecule has 0 radical (unpaired) electrons. The summed E-state index contributed by atoms with van der Waals surface area (Å²) < 4.78 is 8.29. The van der Waals surface area contributed by atoms with Crippen molar-refractivity contribution < 1.29 is 9.53 Å². The SMILES string of the molecule is Cc1ccc2nc(NC(=O)COc3ccc(Br)cc3Br)sc2c1. The number of ether oxygens (including phenoxy) is 1. The minimum Gasteiger partial charge on any atom is -0.483 e. The van der Waals surface area contributed by atoms with E-state index in [4.69, 9.17) is 4.74 Å². The van der Waals surface area contributed by atoms with Crippen LogP contribution in [-0.2, 0) is 4.79 Å². The van der Waals surface area contributed by atoms with Gasteiger partial charge in [-0.1, -0.05) is 33.3 Å². The first-order valence-corrected chi connectivity index (χ1v) is 9.16. The lowest BCUT2D eigenvalue weighted by atomic mass is 10.2. The maximum Gasteiger partial charge on any atom is 0.264 e. The number of rotatable bonds is 4. The van der Waals surface area contributed by atoms with Gasteiger partial charge in [-0.3, -0.25) is 10.1 Å². The molecule has 0 fully saturated rings. The van der Waals surface area contributed by atoms with Gasteiger partial charge in [-0.2, -0.15) is 0 Å². The average molecular weight is 456 g/mol. The van der Waals surface area contributed by atoms with Gasteiger partial charge in [-0.25, -0.2) is 4.98 Å². The van der Waals surface area contributed by atoms with Gasteiger partial charge in [-0.15, -0.1) is 0 Å². The molecule has 1 N–H and O–H groups in total. The van der Waals surface area contributed by atoms with E-state index in [0.717, 1.165) is 19.2 Å². The number of benzene rings is 2. The normalized spacial score (nSPS) is 10.7. The summed E-state index contributed by atoms with van der Waals surface area (Å²) in [5, 5.41) is 3.35. The number of nitrogens with zero attached hydrogens (tertiary/aromatic N) is 1. The standard InChI is InChI=1S/C16H12Br2N2O2S/c1-9-2-4-12-14(6-9)23-16(19-12)20-15(21)8-22-13-5-3-10(17)7-11(13)18/h2-7H,8H2,1H3,(H,19,20,21). The third kappa shape index (κ3) is 4.10. The molecule has 0 spiro atoms. The van der Waals surface area contributed by atoms with Gasteiger partial charge in [0, 0.05) is 4.47 Å². The number of hydrogen-bond acceptors (Lipinski definition) is 4. The Kier molecular flexibility index (Phi) is 4.99. The molecule has 118 valence electrons. The van der Waals surface area contributed by atoms with Crippen LogP contribution >= 0.6 is 43.2 Å². The lowest BCUT2D eigenvalue weighted by Crippen LogP contribution is -2.20. The van der Waals surface area contributed by atoms with E-state index < -0.39 is 0 Å². The fraction of sp³-hybridized carbons (Fsp3) is 0.125. The van der Waals surface area contributed by atoms with Crippen molar-refractivity contribution in [2.45, 2.75) is 6.92 Å². The van der Waals surface area contributed by atoms with E-state index in [1.807, 2.05) is 31.2 Å². The molecule has 23 heavy (non-hydrogen) atoms. The first kappa shape index (κ1) is 16.4. The zero-order chi connectivity index (χ0) is 16.4. The molecule has 0 saturated carbocycles. The number of hydrogen-bond donors (Lipinski definition) is 1. The Balaban J connectivity index is 1.64.